The largest absolute Gasteiger partial charge is 0.490 e. The summed E-state index contributed by atoms with van der Waals surface area (Å²) in [7, 11) is 0. The molecule has 1 aromatic heterocycles. The van der Waals surface area contributed by atoms with Gasteiger partial charge >= 0.3 is 5.97 Å². The van der Waals surface area contributed by atoms with Gasteiger partial charge in [-0.25, -0.2) is 4.79 Å². The van der Waals surface area contributed by atoms with Gasteiger partial charge in [0, 0.05) is 11.8 Å². The van der Waals surface area contributed by atoms with Crippen LogP contribution in [-0.4, -0.2) is 31.7 Å². The van der Waals surface area contributed by atoms with Crippen LogP contribution in [-0.2, 0) is 9.53 Å². The molecule has 0 saturated heterocycles. The van der Waals surface area contributed by atoms with Crippen LogP contribution in [0, 0.1) is 0 Å². The molecular weight excluding hydrogens is 330 g/mol. The highest BCUT2D eigenvalue weighted by atomic mass is 32.1. The third-order valence-corrected chi connectivity index (χ3v) is 3.73. The number of amides is 1. The number of nitrogens with one attached hydrogen (secondary N) is 1. The van der Waals surface area contributed by atoms with Crippen LogP contribution in [0.2, 0.25) is 0 Å². The monoisotopic (exact) mass is 349 g/mol. The highest BCUT2D eigenvalue weighted by molar-refractivity contribution is 7.11. The van der Waals surface area contributed by atoms with Crippen LogP contribution >= 0.6 is 11.3 Å². The average molecular weight is 349 g/mol. The Morgan fingerprint density at radius 1 is 1.08 bits per heavy atom. The lowest BCUT2D eigenvalue weighted by Gasteiger charge is -2.13. The summed E-state index contributed by atoms with van der Waals surface area (Å²) in [5.41, 5.74) is 0.541. The zero-order valence-electron chi connectivity index (χ0n) is 13.5. The van der Waals surface area contributed by atoms with E-state index in [2.05, 4.69) is 5.32 Å². The van der Waals surface area contributed by atoms with E-state index in [1.165, 1.54) is 11.3 Å². The molecule has 24 heavy (non-hydrogen) atoms. The molecule has 0 spiro atoms. The second kappa shape index (κ2) is 8.93. The number of anilines is 1. The van der Waals surface area contributed by atoms with Crippen LogP contribution in [0.25, 0.3) is 0 Å². The van der Waals surface area contributed by atoms with Gasteiger partial charge in [-0.15, -0.1) is 11.3 Å². The van der Waals surface area contributed by atoms with Crippen molar-refractivity contribution in [1.82, 2.24) is 0 Å². The Kier molecular flexibility index (Phi) is 6.62. The van der Waals surface area contributed by atoms with Crippen LogP contribution in [0.15, 0.2) is 35.7 Å². The lowest BCUT2D eigenvalue weighted by Crippen LogP contribution is -2.20. The Labute approximate surface area is 144 Å². The molecule has 1 aromatic carbocycles. The van der Waals surface area contributed by atoms with Crippen LogP contribution in [0.4, 0.5) is 5.69 Å². The summed E-state index contributed by atoms with van der Waals surface area (Å²) in [5.74, 6) is 0.225. The van der Waals surface area contributed by atoms with Gasteiger partial charge in [0.25, 0.3) is 5.91 Å². The van der Waals surface area contributed by atoms with Gasteiger partial charge in [-0.2, -0.15) is 0 Å². The number of hydrogen-bond donors (Lipinski definition) is 1. The molecule has 0 saturated carbocycles. The van der Waals surface area contributed by atoms with Crippen molar-refractivity contribution in [1.29, 1.82) is 0 Å². The molecule has 1 heterocycles. The lowest BCUT2D eigenvalue weighted by molar-refractivity contribution is -0.119. The molecule has 0 fully saturated rings. The fraction of sp³-hybridized carbons (Fsp3) is 0.294. The highest BCUT2D eigenvalue weighted by Gasteiger charge is 2.12. The first-order chi connectivity index (χ1) is 11.6. The fourth-order valence-corrected chi connectivity index (χ4v) is 2.54. The van der Waals surface area contributed by atoms with E-state index >= 15 is 0 Å². The molecule has 128 valence electrons. The number of rotatable bonds is 8. The van der Waals surface area contributed by atoms with Crippen LogP contribution < -0.4 is 14.8 Å². The Balaban J connectivity index is 1.93. The molecule has 0 aliphatic heterocycles. The minimum atomic E-state index is -0.512. The molecule has 2 aromatic rings. The van der Waals surface area contributed by atoms with E-state index in [1.54, 1.807) is 35.7 Å². The lowest BCUT2D eigenvalue weighted by atomic mass is 10.2. The first-order valence-corrected chi connectivity index (χ1v) is 8.42. The maximum atomic E-state index is 11.9. The van der Waals surface area contributed by atoms with Crippen LogP contribution in [0.1, 0.15) is 23.5 Å². The summed E-state index contributed by atoms with van der Waals surface area (Å²) >= 11 is 1.26. The topological polar surface area (TPSA) is 73.9 Å². The summed E-state index contributed by atoms with van der Waals surface area (Å²) < 4.78 is 15.9. The summed E-state index contributed by atoms with van der Waals surface area (Å²) in [4.78, 5) is 24.1. The highest BCUT2D eigenvalue weighted by Crippen LogP contribution is 2.30. The zero-order chi connectivity index (χ0) is 17.4. The Morgan fingerprint density at radius 2 is 1.83 bits per heavy atom. The molecule has 0 unspecified atom stereocenters. The van der Waals surface area contributed by atoms with Gasteiger partial charge in [-0.3, -0.25) is 4.79 Å². The average Bonchev–Trinajstić information content (AvgIpc) is 3.10. The number of esters is 1. The van der Waals surface area contributed by atoms with Crippen molar-refractivity contribution in [3.8, 4) is 11.5 Å². The van der Waals surface area contributed by atoms with Gasteiger partial charge in [0.05, 0.1) is 13.2 Å². The fourth-order valence-electron chi connectivity index (χ4n) is 1.92. The van der Waals surface area contributed by atoms with E-state index in [0.29, 0.717) is 35.3 Å². The zero-order valence-corrected chi connectivity index (χ0v) is 14.4. The second-order valence-corrected chi connectivity index (χ2v) is 5.58. The standard InChI is InChI=1S/C17H19NO5S/c1-3-21-13-8-7-12(10-14(13)22-4-2)18-16(19)11-23-17(20)15-6-5-9-24-15/h5-10H,3-4,11H2,1-2H3,(H,18,19). The predicted molar refractivity (Wildman–Crippen MR) is 92.0 cm³/mol. The van der Waals surface area contributed by atoms with Crippen molar-refractivity contribution >= 4 is 28.9 Å². The molecule has 1 N–H and O–H groups in total. The summed E-state index contributed by atoms with van der Waals surface area (Å²) in [6.45, 7) is 4.40. The SMILES string of the molecule is CCOc1ccc(NC(=O)COC(=O)c2cccs2)cc1OCC. The second-order valence-electron chi connectivity index (χ2n) is 4.63. The Morgan fingerprint density at radius 3 is 2.50 bits per heavy atom. The quantitative estimate of drug-likeness (QED) is 0.740. The molecule has 2 rings (SSSR count). The molecule has 0 aliphatic rings. The number of hydrogen-bond acceptors (Lipinski definition) is 6. The van der Waals surface area contributed by atoms with Crippen molar-refractivity contribution in [3.05, 3.63) is 40.6 Å². The van der Waals surface area contributed by atoms with Crippen LogP contribution in [0.3, 0.4) is 0 Å². The van der Waals surface area contributed by atoms with Crippen molar-refractivity contribution < 1.29 is 23.8 Å². The van der Waals surface area contributed by atoms with Crippen molar-refractivity contribution in [2.24, 2.45) is 0 Å². The van der Waals surface area contributed by atoms with E-state index in [9.17, 15) is 9.59 Å². The Bertz CT molecular complexity index is 684. The molecule has 1 amide bonds. The smallest absolute Gasteiger partial charge is 0.348 e. The number of benzene rings is 1. The van der Waals surface area contributed by atoms with Gasteiger partial charge in [-0.1, -0.05) is 6.07 Å². The third kappa shape index (κ3) is 4.99. The normalized spacial score (nSPS) is 10.1. The maximum Gasteiger partial charge on any atom is 0.348 e. The van der Waals surface area contributed by atoms with Crippen molar-refractivity contribution in [3.63, 3.8) is 0 Å². The first-order valence-electron chi connectivity index (χ1n) is 7.54. The number of ether oxygens (including phenoxy) is 3. The molecule has 0 bridgehead atoms. The molecule has 0 aliphatic carbocycles. The van der Waals surface area contributed by atoms with Gasteiger partial charge < -0.3 is 19.5 Å². The molecule has 0 radical (unpaired) electrons. The minimum absolute atomic E-state index is 0.353. The van der Waals surface area contributed by atoms with Crippen LogP contribution in [0.5, 0.6) is 11.5 Å². The van der Waals surface area contributed by atoms with E-state index in [0.717, 1.165) is 0 Å². The molecule has 6 nitrogen and oxygen atoms in total. The Hall–Kier alpha value is -2.54. The first kappa shape index (κ1) is 17.8. The third-order valence-electron chi connectivity index (χ3n) is 2.88. The predicted octanol–water partition coefficient (Wildman–Crippen LogP) is 3.34. The van der Waals surface area contributed by atoms with Gasteiger partial charge in [0.1, 0.15) is 4.88 Å². The molecule has 0 atom stereocenters. The number of carbonyl (C=O) groups is 2. The van der Waals surface area contributed by atoms with Crippen molar-refractivity contribution in [2.45, 2.75) is 13.8 Å². The van der Waals surface area contributed by atoms with E-state index in [-0.39, 0.29) is 6.61 Å². The molecule has 7 heteroatoms. The van der Waals surface area contributed by atoms with Gasteiger partial charge in [0.2, 0.25) is 0 Å². The van der Waals surface area contributed by atoms with Crippen molar-refractivity contribution in [2.75, 3.05) is 25.1 Å². The summed E-state index contributed by atoms with van der Waals surface area (Å²) in [6.07, 6.45) is 0. The summed E-state index contributed by atoms with van der Waals surface area (Å²) in [6, 6.07) is 8.49. The number of thiophene rings is 1. The van der Waals surface area contributed by atoms with Gasteiger partial charge in [-0.05, 0) is 37.4 Å². The minimum Gasteiger partial charge on any atom is -0.490 e. The number of carbonyl (C=O) groups excluding carboxylic acids is 2. The molecular formula is C17H19NO5S. The van der Waals surface area contributed by atoms with E-state index in [4.69, 9.17) is 14.2 Å². The van der Waals surface area contributed by atoms with E-state index in [1.807, 2.05) is 13.8 Å². The van der Waals surface area contributed by atoms with Gasteiger partial charge in [0.15, 0.2) is 18.1 Å². The van der Waals surface area contributed by atoms with E-state index < -0.39 is 11.9 Å². The summed E-state index contributed by atoms with van der Waals surface area (Å²) in [5, 5.41) is 4.43. The maximum absolute atomic E-state index is 11.9.